The van der Waals surface area contributed by atoms with Crippen LogP contribution >= 0.6 is 0 Å². The van der Waals surface area contributed by atoms with E-state index in [1.165, 1.54) is 6.92 Å². The summed E-state index contributed by atoms with van der Waals surface area (Å²) in [4.78, 5) is 21.7. The van der Waals surface area contributed by atoms with Crippen molar-refractivity contribution >= 4 is 11.8 Å². The number of hydrogen-bond donors (Lipinski definition) is 0. The summed E-state index contributed by atoms with van der Waals surface area (Å²) in [6.45, 7) is 3.24. The van der Waals surface area contributed by atoms with Gasteiger partial charge in [0, 0.05) is 6.92 Å². The van der Waals surface area contributed by atoms with Gasteiger partial charge in [0.25, 0.3) is 0 Å². The highest BCUT2D eigenvalue weighted by Crippen LogP contribution is 2.15. The van der Waals surface area contributed by atoms with Gasteiger partial charge in [0.05, 0.1) is 6.61 Å². The van der Waals surface area contributed by atoms with Crippen molar-refractivity contribution in [1.29, 1.82) is 0 Å². The molecule has 1 atom stereocenters. The van der Waals surface area contributed by atoms with Crippen LogP contribution in [-0.2, 0) is 23.8 Å². The molecule has 1 rings (SSSR count). The van der Waals surface area contributed by atoms with Crippen LogP contribution < -0.4 is 0 Å². The predicted octanol–water partition coefficient (Wildman–Crippen LogP) is 0.353. The van der Waals surface area contributed by atoms with E-state index in [-0.39, 0.29) is 18.1 Å². The second-order valence-electron chi connectivity index (χ2n) is 2.38. The van der Waals surface area contributed by atoms with Gasteiger partial charge in [0.15, 0.2) is 5.78 Å². The molecule has 13 heavy (non-hydrogen) atoms. The third-order valence-electron chi connectivity index (χ3n) is 1.36. The van der Waals surface area contributed by atoms with Gasteiger partial charge in [-0.15, -0.1) is 0 Å². The minimum Gasteiger partial charge on any atom is -0.460 e. The van der Waals surface area contributed by atoms with Crippen molar-refractivity contribution in [3.8, 4) is 0 Å². The van der Waals surface area contributed by atoms with Crippen LogP contribution in [-0.4, -0.2) is 24.6 Å². The lowest BCUT2D eigenvalue weighted by atomic mass is 10.4. The van der Waals surface area contributed by atoms with Crippen molar-refractivity contribution in [3.63, 3.8) is 0 Å². The maximum absolute atomic E-state index is 11.0. The van der Waals surface area contributed by atoms with Gasteiger partial charge in [-0.25, -0.2) is 4.79 Å². The van der Waals surface area contributed by atoms with Gasteiger partial charge in [-0.2, -0.15) is 0 Å². The van der Waals surface area contributed by atoms with Crippen molar-refractivity contribution in [2.24, 2.45) is 0 Å². The highest BCUT2D eigenvalue weighted by molar-refractivity contribution is 5.92. The molecule has 0 aromatic heterocycles. The Morgan fingerprint density at radius 3 is 2.77 bits per heavy atom. The number of rotatable bonds is 3. The van der Waals surface area contributed by atoms with E-state index in [0.29, 0.717) is 0 Å². The number of esters is 1. The zero-order valence-corrected chi connectivity index (χ0v) is 7.40. The number of hydrogen-bond acceptors (Lipinski definition) is 5. The maximum atomic E-state index is 11.0. The summed E-state index contributed by atoms with van der Waals surface area (Å²) in [6, 6.07) is 0. The van der Waals surface area contributed by atoms with E-state index in [1.54, 1.807) is 6.92 Å². The summed E-state index contributed by atoms with van der Waals surface area (Å²) in [6.07, 6.45) is -0.0111. The van der Waals surface area contributed by atoms with E-state index in [1.807, 2.05) is 0 Å². The fourth-order valence-corrected chi connectivity index (χ4v) is 0.774. The van der Waals surface area contributed by atoms with E-state index >= 15 is 0 Å². The van der Waals surface area contributed by atoms with Gasteiger partial charge >= 0.3 is 12.3 Å². The van der Waals surface area contributed by atoms with E-state index in [4.69, 9.17) is 9.47 Å². The van der Waals surface area contributed by atoms with Crippen LogP contribution in [0.25, 0.3) is 0 Å². The SMILES string of the molecule is CCOC(=O)C1OC=C(C(C)=O)O1. The van der Waals surface area contributed by atoms with Crippen LogP contribution in [0, 0.1) is 0 Å². The zero-order valence-electron chi connectivity index (χ0n) is 7.40. The second-order valence-corrected chi connectivity index (χ2v) is 2.38. The Morgan fingerprint density at radius 2 is 2.31 bits per heavy atom. The molecule has 0 bridgehead atoms. The van der Waals surface area contributed by atoms with Crippen LogP contribution in [0.4, 0.5) is 0 Å². The molecule has 1 heterocycles. The van der Waals surface area contributed by atoms with Gasteiger partial charge in [-0.1, -0.05) is 0 Å². The largest absolute Gasteiger partial charge is 0.460 e. The van der Waals surface area contributed by atoms with Crippen molar-refractivity contribution in [2.45, 2.75) is 20.1 Å². The smallest absolute Gasteiger partial charge is 0.389 e. The Bertz CT molecular complexity index is 255. The minimum atomic E-state index is -1.13. The first-order valence-electron chi connectivity index (χ1n) is 3.85. The summed E-state index contributed by atoms with van der Waals surface area (Å²) < 4.78 is 14.2. The van der Waals surface area contributed by atoms with Gasteiger partial charge in [-0.05, 0) is 6.92 Å². The first-order valence-corrected chi connectivity index (χ1v) is 3.85. The fraction of sp³-hybridized carbons (Fsp3) is 0.500. The molecule has 0 saturated carbocycles. The van der Waals surface area contributed by atoms with Crippen molar-refractivity contribution < 1.29 is 23.8 Å². The number of Topliss-reactive ketones (excluding diaryl/α,β-unsaturated/α-hetero) is 1. The minimum absolute atomic E-state index is 0.0399. The first-order chi connectivity index (χ1) is 6.15. The third-order valence-corrected chi connectivity index (χ3v) is 1.36. The molecule has 5 heteroatoms. The van der Waals surface area contributed by atoms with Crippen molar-refractivity contribution in [1.82, 2.24) is 0 Å². The van der Waals surface area contributed by atoms with Crippen molar-refractivity contribution in [3.05, 3.63) is 12.0 Å². The first kappa shape index (κ1) is 9.57. The molecule has 0 spiro atoms. The van der Waals surface area contributed by atoms with E-state index < -0.39 is 12.3 Å². The third kappa shape index (κ3) is 2.21. The number of allylic oxidation sites excluding steroid dienone is 1. The zero-order chi connectivity index (χ0) is 9.84. The molecule has 1 aliphatic heterocycles. The number of carbonyl (C=O) groups is 2. The van der Waals surface area contributed by atoms with Crippen LogP contribution in [0.15, 0.2) is 12.0 Å². The molecule has 0 aromatic rings. The summed E-state index contributed by atoms with van der Waals surface area (Å²) in [7, 11) is 0. The number of carbonyl (C=O) groups excluding carboxylic acids is 2. The lowest BCUT2D eigenvalue weighted by molar-refractivity contribution is -0.170. The van der Waals surface area contributed by atoms with Gasteiger partial charge < -0.3 is 14.2 Å². The molecule has 1 unspecified atom stereocenters. The average molecular weight is 186 g/mol. The molecule has 0 amide bonds. The molecule has 0 aromatic carbocycles. The quantitative estimate of drug-likeness (QED) is 0.595. The van der Waals surface area contributed by atoms with Crippen molar-refractivity contribution in [2.75, 3.05) is 6.61 Å². The average Bonchev–Trinajstić information content (AvgIpc) is 2.52. The summed E-state index contributed by atoms with van der Waals surface area (Å²) in [5.74, 6) is -0.875. The highest BCUT2D eigenvalue weighted by atomic mass is 16.7. The Balaban J connectivity index is 2.45. The lowest BCUT2D eigenvalue weighted by Crippen LogP contribution is -2.24. The fourth-order valence-electron chi connectivity index (χ4n) is 0.774. The molecule has 0 fully saturated rings. The second kappa shape index (κ2) is 3.93. The standard InChI is InChI=1S/C8H10O5/c1-3-11-7(10)8-12-4-6(13-8)5(2)9/h4,8H,3H2,1-2H3. The molecule has 0 saturated heterocycles. The summed E-state index contributed by atoms with van der Waals surface area (Å²) in [5.41, 5.74) is 0. The molecule has 5 nitrogen and oxygen atoms in total. The van der Waals surface area contributed by atoms with Gasteiger partial charge in [0.1, 0.15) is 6.26 Å². The highest BCUT2D eigenvalue weighted by Gasteiger charge is 2.30. The van der Waals surface area contributed by atoms with Gasteiger partial charge in [0.2, 0.25) is 5.76 Å². The topological polar surface area (TPSA) is 61.8 Å². The summed E-state index contributed by atoms with van der Waals surface area (Å²) >= 11 is 0. The Hall–Kier alpha value is -1.52. The van der Waals surface area contributed by atoms with Crippen LogP contribution in [0.1, 0.15) is 13.8 Å². The Kier molecular flexibility index (Phi) is 2.89. The molecule has 72 valence electrons. The normalized spacial score (nSPS) is 19.8. The van der Waals surface area contributed by atoms with Crippen LogP contribution in [0.2, 0.25) is 0 Å². The molecule has 0 radical (unpaired) electrons. The number of ketones is 1. The monoisotopic (exact) mass is 186 g/mol. The van der Waals surface area contributed by atoms with Crippen LogP contribution in [0.3, 0.4) is 0 Å². The Morgan fingerprint density at radius 1 is 1.62 bits per heavy atom. The van der Waals surface area contributed by atoms with Gasteiger partial charge in [-0.3, -0.25) is 4.79 Å². The molecular weight excluding hydrogens is 176 g/mol. The lowest BCUT2D eigenvalue weighted by Gasteiger charge is -2.08. The molecule has 1 aliphatic rings. The van der Waals surface area contributed by atoms with E-state index in [0.717, 1.165) is 6.26 Å². The Labute approximate surface area is 75.3 Å². The number of ether oxygens (including phenoxy) is 3. The maximum Gasteiger partial charge on any atom is 0.389 e. The molecule has 0 aliphatic carbocycles. The molecular formula is C8H10O5. The predicted molar refractivity (Wildman–Crippen MR) is 41.4 cm³/mol. The molecule has 0 N–H and O–H groups in total. The van der Waals surface area contributed by atoms with E-state index in [2.05, 4.69) is 4.74 Å². The van der Waals surface area contributed by atoms with Crippen LogP contribution in [0.5, 0.6) is 0 Å². The van der Waals surface area contributed by atoms with E-state index in [9.17, 15) is 9.59 Å². The summed E-state index contributed by atoms with van der Waals surface area (Å²) in [5, 5.41) is 0.